The first-order valence-electron chi connectivity index (χ1n) is 7.37. The topological polar surface area (TPSA) is 37.0 Å². The van der Waals surface area contributed by atoms with Gasteiger partial charge in [0.05, 0.1) is 11.0 Å². The van der Waals surface area contributed by atoms with Crippen LogP contribution < -0.4 is 5.43 Å². The first-order valence-corrected chi connectivity index (χ1v) is 7.37. The van der Waals surface area contributed by atoms with E-state index in [-0.39, 0.29) is 31.5 Å². The van der Waals surface area contributed by atoms with Gasteiger partial charge in [0.2, 0.25) is 0 Å². The first-order chi connectivity index (χ1) is 10.0. The highest BCUT2D eigenvalue weighted by Gasteiger charge is 2.62. The van der Waals surface area contributed by atoms with Crippen LogP contribution in [0, 0.1) is 5.41 Å². The van der Waals surface area contributed by atoms with Crippen LogP contribution in [0.3, 0.4) is 0 Å². The van der Waals surface area contributed by atoms with Crippen LogP contribution in [0.15, 0.2) is 12.3 Å². The van der Waals surface area contributed by atoms with Gasteiger partial charge >= 0.3 is 6.18 Å². The van der Waals surface area contributed by atoms with Gasteiger partial charge in [0.15, 0.2) is 0 Å². The fourth-order valence-electron chi connectivity index (χ4n) is 2.29. The number of rotatable bonds is 6. The van der Waals surface area contributed by atoms with E-state index >= 15 is 0 Å². The van der Waals surface area contributed by atoms with E-state index in [0.29, 0.717) is 0 Å². The van der Waals surface area contributed by atoms with Crippen LogP contribution in [0.2, 0.25) is 0 Å². The summed E-state index contributed by atoms with van der Waals surface area (Å²) in [5.41, 5.74) is 1.11. The number of hydrogen-bond donors (Lipinski definition) is 1. The Labute approximate surface area is 128 Å². The van der Waals surface area contributed by atoms with E-state index in [4.69, 9.17) is 9.57 Å². The SMILES string of the molecule is CN(OC(C)(C)C)N1C=CC(OCCC2(C(F)(F)F)CC2)N1. The minimum atomic E-state index is -4.12. The Bertz CT molecular complexity index is 417. The van der Waals surface area contributed by atoms with Crippen molar-refractivity contribution in [3.63, 3.8) is 0 Å². The van der Waals surface area contributed by atoms with E-state index in [0.717, 1.165) is 0 Å². The highest BCUT2D eigenvalue weighted by atomic mass is 19.4. The maximum atomic E-state index is 12.8. The fourth-order valence-corrected chi connectivity index (χ4v) is 2.29. The smallest absolute Gasteiger partial charge is 0.358 e. The quantitative estimate of drug-likeness (QED) is 0.761. The fraction of sp³-hybridized carbons (Fsp3) is 0.857. The maximum absolute atomic E-state index is 12.8. The van der Waals surface area contributed by atoms with Crippen molar-refractivity contribution in [1.29, 1.82) is 0 Å². The number of ether oxygens (including phenoxy) is 1. The lowest BCUT2D eigenvalue weighted by Crippen LogP contribution is -2.48. The van der Waals surface area contributed by atoms with Gasteiger partial charge in [-0.15, -0.1) is 0 Å². The molecule has 5 nitrogen and oxygen atoms in total. The van der Waals surface area contributed by atoms with Crippen molar-refractivity contribution in [3.8, 4) is 0 Å². The molecule has 2 aliphatic rings. The molecule has 0 radical (unpaired) electrons. The molecule has 1 aliphatic heterocycles. The van der Waals surface area contributed by atoms with Gasteiger partial charge in [-0.3, -0.25) is 4.84 Å². The number of alkyl halides is 3. The Morgan fingerprint density at radius 2 is 1.95 bits per heavy atom. The second-order valence-corrected chi connectivity index (χ2v) is 6.80. The van der Waals surface area contributed by atoms with Crippen molar-refractivity contribution >= 4 is 0 Å². The van der Waals surface area contributed by atoms with E-state index < -0.39 is 17.8 Å². The minimum Gasteiger partial charge on any atom is -0.358 e. The van der Waals surface area contributed by atoms with Crippen molar-refractivity contribution in [2.24, 2.45) is 5.41 Å². The molecule has 0 aromatic rings. The molecule has 0 amide bonds. The zero-order valence-electron chi connectivity index (χ0n) is 13.4. The average molecular weight is 323 g/mol. The average Bonchev–Trinajstić information content (AvgIpc) is 2.98. The van der Waals surface area contributed by atoms with Crippen molar-refractivity contribution in [2.75, 3.05) is 13.7 Å². The van der Waals surface area contributed by atoms with Gasteiger partial charge < -0.3 is 4.74 Å². The van der Waals surface area contributed by atoms with Gasteiger partial charge in [0.1, 0.15) is 6.23 Å². The molecule has 128 valence electrons. The molecule has 1 N–H and O–H groups in total. The summed E-state index contributed by atoms with van der Waals surface area (Å²) in [5.74, 6) is 0. The van der Waals surface area contributed by atoms with Crippen LogP contribution in [-0.2, 0) is 9.57 Å². The molecule has 1 saturated carbocycles. The molecule has 0 bridgehead atoms. The largest absolute Gasteiger partial charge is 0.394 e. The predicted molar refractivity (Wildman–Crippen MR) is 74.8 cm³/mol. The number of hydrogen-bond acceptors (Lipinski definition) is 5. The molecular formula is C14H24F3N3O2. The van der Waals surface area contributed by atoms with Crippen molar-refractivity contribution < 1.29 is 22.7 Å². The Hall–Kier alpha value is -0.830. The summed E-state index contributed by atoms with van der Waals surface area (Å²) in [5, 5.41) is 3.10. The van der Waals surface area contributed by atoms with Crippen LogP contribution in [0.1, 0.15) is 40.0 Å². The standard InChI is InChI=1S/C14H24F3N3O2/c1-12(2,3)22-19(4)20-9-5-11(18-20)21-10-8-13(6-7-13)14(15,16)17/h5,9,11,18H,6-8,10H2,1-4H3. The number of halogens is 3. The zero-order valence-corrected chi connectivity index (χ0v) is 13.4. The third-order valence-corrected chi connectivity index (χ3v) is 3.70. The lowest BCUT2D eigenvalue weighted by Gasteiger charge is -2.33. The number of hydrazine groups is 2. The third-order valence-electron chi connectivity index (χ3n) is 3.70. The molecule has 22 heavy (non-hydrogen) atoms. The number of nitrogens with one attached hydrogen (secondary N) is 1. The Kier molecular flexibility index (Phi) is 4.77. The summed E-state index contributed by atoms with van der Waals surface area (Å²) in [6.45, 7) is 5.83. The zero-order chi connectivity index (χ0) is 16.6. The lowest BCUT2D eigenvalue weighted by atomic mass is 10.0. The summed E-state index contributed by atoms with van der Waals surface area (Å²) in [6, 6.07) is 0. The predicted octanol–water partition coefficient (Wildman–Crippen LogP) is 2.97. The lowest BCUT2D eigenvalue weighted by molar-refractivity contribution is -0.316. The highest BCUT2D eigenvalue weighted by molar-refractivity contribution is 4.99. The van der Waals surface area contributed by atoms with Gasteiger partial charge in [-0.25, -0.2) is 5.12 Å². The van der Waals surface area contributed by atoms with E-state index in [2.05, 4.69) is 5.43 Å². The molecule has 1 fully saturated rings. The van der Waals surface area contributed by atoms with Crippen LogP contribution in [0.5, 0.6) is 0 Å². The Morgan fingerprint density at radius 1 is 1.32 bits per heavy atom. The normalized spacial score (nSPS) is 24.4. The van der Waals surface area contributed by atoms with Crippen LogP contribution >= 0.6 is 0 Å². The first kappa shape index (κ1) is 17.5. The Balaban J connectivity index is 1.71. The molecule has 1 aliphatic carbocycles. The number of hydroxylamine groups is 1. The van der Waals surface area contributed by atoms with E-state index in [1.807, 2.05) is 20.8 Å². The van der Waals surface area contributed by atoms with Gasteiger partial charge in [-0.1, -0.05) is 5.17 Å². The Morgan fingerprint density at radius 3 is 2.45 bits per heavy atom. The summed E-state index contributed by atoms with van der Waals surface area (Å²) in [4.78, 5) is 5.62. The molecule has 1 atom stereocenters. The molecule has 2 rings (SSSR count). The van der Waals surface area contributed by atoms with Crippen molar-refractivity contribution in [1.82, 2.24) is 15.7 Å². The van der Waals surface area contributed by atoms with Crippen LogP contribution in [0.25, 0.3) is 0 Å². The van der Waals surface area contributed by atoms with Gasteiger partial charge in [0, 0.05) is 19.9 Å². The van der Waals surface area contributed by atoms with Gasteiger partial charge in [-0.05, 0) is 46.1 Å². The van der Waals surface area contributed by atoms with E-state index in [1.54, 1.807) is 24.4 Å². The van der Waals surface area contributed by atoms with Crippen molar-refractivity contribution in [2.45, 2.75) is 58.0 Å². The number of nitrogens with zero attached hydrogens (tertiary/aromatic N) is 2. The third kappa shape index (κ3) is 4.34. The molecule has 1 heterocycles. The summed E-state index contributed by atoms with van der Waals surface area (Å²) in [6.07, 6.45) is -0.693. The summed E-state index contributed by atoms with van der Waals surface area (Å²) in [7, 11) is 1.73. The molecule has 0 saturated heterocycles. The molecular weight excluding hydrogens is 299 g/mol. The van der Waals surface area contributed by atoms with E-state index in [1.165, 1.54) is 5.17 Å². The van der Waals surface area contributed by atoms with Crippen molar-refractivity contribution in [3.05, 3.63) is 12.3 Å². The van der Waals surface area contributed by atoms with E-state index in [9.17, 15) is 13.2 Å². The highest BCUT2D eigenvalue weighted by Crippen LogP contribution is 2.59. The van der Waals surface area contributed by atoms with Gasteiger partial charge in [0.25, 0.3) is 0 Å². The summed E-state index contributed by atoms with van der Waals surface area (Å²) >= 11 is 0. The second-order valence-electron chi connectivity index (χ2n) is 6.80. The molecule has 0 spiro atoms. The maximum Gasteiger partial charge on any atom is 0.394 e. The van der Waals surface area contributed by atoms with Gasteiger partial charge in [-0.2, -0.15) is 18.6 Å². The minimum absolute atomic E-state index is 0.0108. The molecule has 1 unspecified atom stereocenters. The van der Waals surface area contributed by atoms with Crippen LogP contribution in [-0.4, -0.2) is 41.9 Å². The molecule has 8 heteroatoms. The van der Waals surface area contributed by atoms with Crippen LogP contribution in [0.4, 0.5) is 13.2 Å². The molecule has 0 aromatic carbocycles. The molecule has 0 aromatic heterocycles. The second kappa shape index (κ2) is 5.99. The monoisotopic (exact) mass is 323 g/mol. The summed E-state index contributed by atoms with van der Waals surface area (Å²) < 4.78 is 43.9.